The van der Waals surface area contributed by atoms with Crippen molar-refractivity contribution in [2.24, 2.45) is 0 Å². The maximum atomic E-state index is 13.3. The predicted octanol–water partition coefficient (Wildman–Crippen LogP) is 4.54. The molecule has 3 aromatic heterocycles. The van der Waals surface area contributed by atoms with E-state index in [0.29, 0.717) is 36.2 Å². The number of aromatic nitrogens is 4. The van der Waals surface area contributed by atoms with E-state index in [1.165, 1.54) is 0 Å². The lowest BCUT2D eigenvalue weighted by atomic mass is 10.1. The smallest absolute Gasteiger partial charge is 0.272 e. The van der Waals surface area contributed by atoms with Gasteiger partial charge in [-0.2, -0.15) is 5.10 Å². The Labute approximate surface area is 191 Å². The molecule has 0 radical (unpaired) electrons. The number of likely N-dealkylation sites (tertiary alicyclic amines) is 1. The van der Waals surface area contributed by atoms with Crippen molar-refractivity contribution in [2.45, 2.75) is 32.8 Å². The van der Waals surface area contributed by atoms with Crippen LogP contribution >= 0.6 is 11.6 Å². The van der Waals surface area contributed by atoms with E-state index in [2.05, 4.69) is 15.2 Å². The Morgan fingerprint density at radius 1 is 1.25 bits per heavy atom. The summed E-state index contributed by atoms with van der Waals surface area (Å²) in [7, 11) is 0. The van der Waals surface area contributed by atoms with E-state index in [9.17, 15) is 4.79 Å². The molecule has 4 aromatic rings. The number of aryl methyl sites for hydroxylation is 2. The summed E-state index contributed by atoms with van der Waals surface area (Å²) in [6.07, 6.45) is 2.78. The number of hydrogen-bond donors (Lipinski definition) is 1. The minimum Gasteiger partial charge on any atom is -0.486 e. The molecule has 32 heavy (non-hydrogen) atoms. The SMILES string of the molecule is Cc1nc2c(C)cccn2c1C(=O)N1CC[C@@H](c2cc(COc3ccccc3Cl)[nH]n2)C1. The number of rotatable bonds is 5. The second kappa shape index (κ2) is 8.31. The first kappa shape index (κ1) is 20.6. The predicted molar refractivity (Wildman–Crippen MR) is 122 cm³/mol. The normalized spacial score (nSPS) is 16.1. The number of fused-ring (bicyclic) bond motifs is 1. The van der Waals surface area contributed by atoms with Crippen LogP contribution in [0.3, 0.4) is 0 Å². The number of imidazole rings is 1. The number of carbonyl (C=O) groups excluding carboxylic acids is 1. The second-order valence-corrected chi connectivity index (χ2v) is 8.61. The molecule has 1 fully saturated rings. The first-order valence-corrected chi connectivity index (χ1v) is 11.0. The van der Waals surface area contributed by atoms with E-state index in [0.717, 1.165) is 34.7 Å². The van der Waals surface area contributed by atoms with Crippen LogP contribution in [0.25, 0.3) is 5.65 Å². The molecule has 0 bridgehead atoms. The molecular weight excluding hydrogens is 426 g/mol. The number of halogens is 1. The third-order valence-corrected chi connectivity index (χ3v) is 6.30. The van der Waals surface area contributed by atoms with Crippen LogP contribution < -0.4 is 4.74 Å². The minimum absolute atomic E-state index is 0.0147. The fourth-order valence-corrected chi connectivity index (χ4v) is 4.48. The highest BCUT2D eigenvalue weighted by molar-refractivity contribution is 6.32. The number of nitrogens with zero attached hydrogens (tertiary/aromatic N) is 4. The molecule has 5 rings (SSSR count). The van der Waals surface area contributed by atoms with E-state index in [4.69, 9.17) is 16.3 Å². The molecule has 8 heteroatoms. The van der Waals surface area contributed by atoms with Crippen LogP contribution in [-0.2, 0) is 6.61 Å². The van der Waals surface area contributed by atoms with E-state index in [1.54, 1.807) is 6.07 Å². The molecule has 1 aliphatic heterocycles. The lowest BCUT2D eigenvalue weighted by molar-refractivity contribution is 0.0783. The molecule has 1 N–H and O–H groups in total. The average molecular weight is 450 g/mol. The Balaban J connectivity index is 1.27. The topological polar surface area (TPSA) is 75.5 Å². The van der Waals surface area contributed by atoms with E-state index < -0.39 is 0 Å². The van der Waals surface area contributed by atoms with Crippen LogP contribution in [0.4, 0.5) is 0 Å². The summed E-state index contributed by atoms with van der Waals surface area (Å²) < 4.78 is 7.70. The van der Waals surface area contributed by atoms with Gasteiger partial charge in [-0.25, -0.2) is 4.98 Å². The van der Waals surface area contributed by atoms with Gasteiger partial charge >= 0.3 is 0 Å². The number of hydrogen-bond acceptors (Lipinski definition) is 4. The third-order valence-electron chi connectivity index (χ3n) is 5.99. The highest BCUT2D eigenvalue weighted by Gasteiger charge is 2.32. The van der Waals surface area contributed by atoms with Crippen molar-refractivity contribution < 1.29 is 9.53 Å². The van der Waals surface area contributed by atoms with Gasteiger partial charge in [-0.3, -0.25) is 14.3 Å². The van der Waals surface area contributed by atoms with Crippen LogP contribution in [0.2, 0.25) is 5.02 Å². The quantitative estimate of drug-likeness (QED) is 0.485. The van der Waals surface area contributed by atoms with E-state index in [-0.39, 0.29) is 11.8 Å². The summed E-state index contributed by atoms with van der Waals surface area (Å²) in [4.78, 5) is 19.8. The molecule has 1 aromatic carbocycles. The zero-order valence-electron chi connectivity index (χ0n) is 18.0. The van der Waals surface area contributed by atoms with Gasteiger partial charge in [0.2, 0.25) is 0 Å². The van der Waals surface area contributed by atoms with Crippen LogP contribution in [0.15, 0.2) is 48.7 Å². The molecule has 0 unspecified atom stereocenters. The number of pyridine rings is 1. The fourth-order valence-electron chi connectivity index (χ4n) is 4.29. The Morgan fingerprint density at radius 2 is 2.09 bits per heavy atom. The molecule has 7 nitrogen and oxygen atoms in total. The second-order valence-electron chi connectivity index (χ2n) is 8.20. The molecule has 0 spiro atoms. The zero-order chi connectivity index (χ0) is 22.2. The number of aromatic amines is 1. The van der Waals surface area contributed by atoms with Gasteiger partial charge in [0.15, 0.2) is 0 Å². The number of benzene rings is 1. The van der Waals surface area contributed by atoms with Gasteiger partial charge in [0, 0.05) is 25.2 Å². The highest BCUT2D eigenvalue weighted by Crippen LogP contribution is 2.29. The molecule has 1 aliphatic rings. The van der Waals surface area contributed by atoms with Crippen LogP contribution in [0.5, 0.6) is 5.75 Å². The third kappa shape index (κ3) is 3.73. The summed E-state index contributed by atoms with van der Waals surface area (Å²) in [5.41, 5.74) is 5.10. The molecule has 4 heterocycles. The fraction of sp³-hybridized carbons (Fsp3) is 0.292. The summed E-state index contributed by atoms with van der Waals surface area (Å²) in [5, 5.41) is 8.10. The average Bonchev–Trinajstić information content (AvgIpc) is 3.51. The van der Waals surface area contributed by atoms with Gasteiger partial charge in [-0.1, -0.05) is 29.8 Å². The molecule has 1 saturated heterocycles. The van der Waals surface area contributed by atoms with Crippen LogP contribution in [-0.4, -0.2) is 43.5 Å². The highest BCUT2D eigenvalue weighted by atomic mass is 35.5. The van der Waals surface area contributed by atoms with Crippen molar-refractivity contribution in [1.82, 2.24) is 24.5 Å². The summed E-state index contributed by atoms with van der Waals surface area (Å²) in [5.74, 6) is 0.841. The maximum absolute atomic E-state index is 13.3. The minimum atomic E-state index is 0.0147. The number of para-hydroxylation sites is 1. The lowest BCUT2D eigenvalue weighted by Crippen LogP contribution is -2.30. The van der Waals surface area contributed by atoms with Crippen molar-refractivity contribution >= 4 is 23.2 Å². The summed E-state index contributed by atoms with van der Waals surface area (Å²) in [6, 6.07) is 13.4. The van der Waals surface area contributed by atoms with Gasteiger partial charge < -0.3 is 9.64 Å². The lowest BCUT2D eigenvalue weighted by Gasteiger charge is -2.16. The van der Waals surface area contributed by atoms with E-state index >= 15 is 0 Å². The zero-order valence-corrected chi connectivity index (χ0v) is 18.8. The number of nitrogens with one attached hydrogen (secondary N) is 1. The molecule has 0 aliphatic carbocycles. The van der Waals surface area contributed by atoms with Gasteiger partial charge in [0.25, 0.3) is 5.91 Å². The van der Waals surface area contributed by atoms with Crippen molar-refractivity contribution in [3.8, 4) is 5.75 Å². The summed E-state index contributed by atoms with van der Waals surface area (Å²) in [6.45, 7) is 5.58. The van der Waals surface area contributed by atoms with Crippen molar-refractivity contribution in [3.05, 3.63) is 82.0 Å². The maximum Gasteiger partial charge on any atom is 0.272 e. The number of amides is 1. The van der Waals surface area contributed by atoms with Gasteiger partial charge in [-0.05, 0) is 50.1 Å². The Hall–Kier alpha value is -3.32. The Kier molecular flexibility index (Phi) is 5.35. The Morgan fingerprint density at radius 3 is 2.94 bits per heavy atom. The molecule has 1 amide bonds. The first-order chi connectivity index (χ1) is 15.5. The first-order valence-electron chi connectivity index (χ1n) is 10.7. The van der Waals surface area contributed by atoms with Crippen molar-refractivity contribution in [2.75, 3.05) is 13.1 Å². The number of H-pyrrole nitrogens is 1. The van der Waals surface area contributed by atoms with Gasteiger partial charge in [0.1, 0.15) is 23.7 Å². The van der Waals surface area contributed by atoms with Crippen molar-refractivity contribution in [1.29, 1.82) is 0 Å². The summed E-state index contributed by atoms with van der Waals surface area (Å²) >= 11 is 6.15. The Bertz CT molecular complexity index is 1290. The van der Waals surface area contributed by atoms with Gasteiger partial charge in [0.05, 0.1) is 22.1 Å². The van der Waals surface area contributed by atoms with Gasteiger partial charge in [-0.15, -0.1) is 0 Å². The number of ether oxygens (including phenoxy) is 1. The standard InChI is InChI=1S/C24H24ClN5O2/c1-15-6-5-10-30-22(16(2)26-23(15)30)24(31)29-11-9-17(13-29)20-12-18(27-28-20)14-32-21-8-4-3-7-19(21)25/h3-8,10,12,17H,9,11,13-14H2,1-2H3,(H,27,28)/t17-/m1/s1. The number of carbonyl (C=O) groups is 1. The molecular formula is C24H24ClN5O2. The van der Waals surface area contributed by atoms with Crippen LogP contribution in [0, 0.1) is 13.8 Å². The molecule has 164 valence electrons. The molecule has 1 atom stereocenters. The largest absolute Gasteiger partial charge is 0.486 e. The van der Waals surface area contributed by atoms with E-state index in [1.807, 2.05) is 65.7 Å². The molecule has 0 saturated carbocycles. The monoisotopic (exact) mass is 449 g/mol. The van der Waals surface area contributed by atoms with Crippen molar-refractivity contribution in [3.63, 3.8) is 0 Å². The van der Waals surface area contributed by atoms with Crippen LogP contribution in [0.1, 0.15) is 45.5 Å².